The second-order valence-corrected chi connectivity index (χ2v) is 7.78. The molecule has 2 atom stereocenters. The highest BCUT2D eigenvalue weighted by Gasteiger charge is 2.48. The van der Waals surface area contributed by atoms with E-state index >= 15 is 0 Å². The summed E-state index contributed by atoms with van der Waals surface area (Å²) >= 11 is 0. The zero-order chi connectivity index (χ0) is 22.3. The fourth-order valence-electron chi connectivity index (χ4n) is 4.10. The van der Waals surface area contributed by atoms with E-state index in [-0.39, 0.29) is 50.7 Å². The molecule has 13 heteroatoms. The van der Waals surface area contributed by atoms with E-state index in [1.807, 2.05) is 0 Å². The number of rotatable bonds is 3. The Morgan fingerprint density at radius 2 is 2.00 bits per heavy atom. The zero-order valence-corrected chi connectivity index (χ0v) is 16.9. The van der Waals surface area contributed by atoms with Gasteiger partial charge in [-0.3, -0.25) is 19.0 Å². The van der Waals surface area contributed by atoms with Gasteiger partial charge in [-0.15, -0.1) is 0 Å². The molecule has 3 aliphatic heterocycles. The van der Waals surface area contributed by atoms with Gasteiger partial charge in [0.15, 0.2) is 5.82 Å². The zero-order valence-electron chi connectivity index (χ0n) is 16.9. The number of morpholine rings is 1. The van der Waals surface area contributed by atoms with E-state index in [0.717, 1.165) is 14.5 Å². The van der Waals surface area contributed by atoms with Crippen LogP contribution in [-0.2, 0) is 20.9 Å². The highest BCUT2D eigenvalue weighted by Crippen LogP contribution is 2.35. The molecule has 2 saturated heterocycles. The maximum absolute atomic E-state index is 14.9. The lowest BCUT2D eigenvalue weighted by Gasteiger charge is -2.40. The third-order valence-corrected chi connectivity index (χ3v) is 5.69. The van der Waals surface area contributed by atoms with Crippen LogP contribution < -0.4 is 15.4 Å². The van der Waals surface area contributed by atoms with Crippen LogP contribution in [0.25, 0.3) is 0 Å². The monoisotopic (exact) mass is 449 g/mol. The number of nitrogens with zero attached hydrogens (tertiary/aromatic N) is 5. The fraction of sp³-hybridized carbons (Fsp3) is 0.722. The number of halogens is 4. The number of anilines is 2. The molecule has 0 aromatic carbocycles. The molecule has 4 rings (SSSR count). The van der Waals surface area contributed by atoms with Crippen LogP contribution in [-0.4, -0.2) is 78.2 Å². The number of aromatic nitrogens is 2. The average Bonchev–Trinajstić information content (AvgIpc) is 3.26. The predicted octanol–water partition coefficient (Wildman–Crippen LogP) is 0.912. The van der Waals surface area contributed by atoms with Crippen LogP contribution in [0.2, 0.25) is 0 Å². The normalized spacial score (nSPS) is 24.5. The average molecular weight is 449 g/mol. The summed E-state index contributed by atoms with van der Waals surface area (Å²) in [4.78, 5) is 36.8. The van der Waals surface area contributed by atoms with Gasteiger partial charge in [0.2, 0.25) is 11.8 Å². The quantitative estimate of drug-likeness (QED) is 0.635. The fourth-order valence-corrected chi connectivity index (χ4v) is 4.10. The standard InChI is InChI=1S/C18H23F4N5O4/c1-11-10-30-8-6-24(11)15-14(19)16(29)25-5-3-12(18(20,21)22)26(17(25)23-15)9-13(28)27-4-2-7-31-27/h11-12H,2-10H2,1H3/t11-,12+/m1/s1. The minimum absolute atomic E-state index is 0.233. The summed E-state index contributed by atoms with van der Waals surface area (Å²) in [6, 6.07) is -2.36. The van der Waals surface area contributed by atoms with Gasteiger partial charge in [0.05, 0.1) is 32.4 Å². The predicted molar refractivity (Wildman–Crippen MR) is 100 cm³/mol. The van der Waals surface area contributed by atoms with E-state index in [9.17, 15) is 27.2 Å². The molecule has 1 aromatic heterocycles. The summed E-state index contributed by atoms with van der Waals surface area (Å²) in [5.74, 6) is -2.51. The smallest absolute Gasteiger partial charge is 0.377 e. The van der Waals surface area contributed by atoms with Crippen molar-refractivity contribution in [1.82, 2.24) is 14.6 Å². The number of carbonyl (C=O) groups is 1. The van der Waals surface area contributed by atoms with Crippen molar-refractivity contribution in [2.75, 3.05) is 49.3 Å². The molecular formula is C18H23F4N5O4. The van der Waals surface area contributed by atoms with E-state index in [4.69, 9.17) is 9.57 Å². The maximum Gasteiger partial charge on any atom is 0.408 e. The number of hydrogen-bond donors (Lipinski definition) is 0. The van der Waals surface area contributed by atoms with Crippen LogP contribution in [0, 0.1) is 5.82 Å². The molecule has 0 saturated carbocycles. The number of ether oxygens (including phenoxy) is 1. The van der Waals surface area contributed by atoms with Crippen LogP contribution in [0.1, 0.15) is 19.8 Å². The number of fused-ring (bicyclic) bond motifs is 1. The van der Waals surface area contributed by atoms with Gasteiger partial charge in [0, 0.05) is 13.1 Å². The van der Waals surface area contributed by atoms with Gasteiger partial charge in [-0.2, -0.15) is 22.5 Å². The first-order chi connectivity index (χ1) is 14.7. The number of carbonyl (C=O) groups excluding carboxylic acids is 1. The molecule has 3 aliphatic rings. The van der Waals surface area contributed by atoms with E-state index < -0.39 is 42.5 Å². The third kappa shape index (κ3) is 4.07. The molecule has 2 fully saturated rings. The van der Waals surface area contributed by atoms with Crippen molar-refractivity contribution in [3.8, 4) is 0 Å². The summed E-state index contributed by atoms with van der Waals surface area (Å²) in [5.41, 5.74) is -1.06. The number of hydrogen-bond acceptors (Lipinski definition) is 7. The van der Waals surface area contributed by atoms with Crippen molar-refractivity contribution in [2.24, 2.45) is 0 Å². The van der Waals surface area contributed by atoms with Crippen molar-refractivity contribution in [3.05, 3.63) is 16.2 Å². The Morgan fingerprint density at radius 1 is 1.23 bits per heavy atom. The summed E-state index contributed by atoms with van der Waals surface area (Å²) in [6.45, 7) is 2.02. The van der Waals surface area contributed by atoms with Gasteiger partial charge in [0.25, 0.3) is 11.5 Å². The lowest BCUT2D eigenvalue weighted by Crippen LogP contribution is -2.56. The van der Waals surface area contributed by atoms with Gasteiger partial charge in [-0.05, 0) is 19.8 Å². The summed E-state index contributed by atoms with van der Waals surface area (Å²) in [7, 11) is 0. The van der Waals surface area contributed by atoms with Gasteiger partial charge >= 0.3 is 6.18 Å². The second kappa shape index (κ2) is 8.26. The minimum atomic E-state index is -4.67. The minimum Gasteiger partial charge on any atom is -0.377 e. The molecule has 0 bridgehead atoms. The molecule has 0 unspecified atom stereocenters. The SMILES string of the molecule is C[C@@H]1COCCN1c1nc2n(c(=O)c1F)CC[C@@H](C(F)(F)F)N2CC(=O)N1CCCO1. The molecule has 0 spiro atoms. The molecule has 1 amide bonds. The topological polar surface area (TPSA) is 80.1 Å². The Labute approximate surface area is 175 Å². The van der Waals surface area contributed by atoms with E-state index in [1.54, 1.807) is 6.92 Å². The van der Waals surface area contributed by atoms with E-state index in [0.29, 0.717) is 13.0 Å². The van der Waals surface area contributed by atoms with Gasteiger partial charge in [0.1, 0.15) is 12.6 Å². The van der Waals surface area contributed by atoms with Crippen molar-refractivity contribution >= 4 is 17.7 Å². The van der Waals surface area contributed by atoms with Crippen LogP contribution in [0.15, 0.2) is 4.79 Å². The first kappa shape index (κ1) is 21.8. The van der Waals surface area contributed by atoms with Crippen LogP contribution in [0.3, 0.4) is 0 Å². The first-order valence-electron chi connectivity index (χ1n) is 10.1. The maximum atomic E-state index is 14.9. The first-order valence-corrected chi connectivity index (χ1v) is 10.1. The van der Waals surface area contributed by atoms with Crippen molar-refractivity contribution in [3.63, 3.8) is 0 Å². The lowest BCUT2D eigenvalue weighted by molar-refractivity contribution is -0.170. The third-order valence-electron chi connectivity index (χ3n) is 5.69. The molecule has 0 aliphatic carbocycles. The molecule has 172 valence electrons. The van der Waals surface area contributed by atoms with Crippen LogP contribution in [0.5, 0.6) is 0 Å². The largest absolute Gasteiger partial charge is 0.408 e. The highest BCUT2D eigenvalue weighted by atomic mass is 19.4. The van der Waals surface area contributed by atoms with E-state index in [2.05, 4.69) is 4.98 Å². The molecule has 0 radical (unpaired) electrons. The molecule has 4 heterocycles. The van der Waals surface area contributed by atoms with E-state index in [1.165, 1.54) is 4.90 Å². The summed E-state index contributed by atoms with van der Waals surface area (Å²) in [5, 5.41) is 1.01. The Kier molecular flexibility index (Phi) is 5.81. The molecular weight excluding hydrogens is 426 g/mol. The molecule has 0 N–H and O–H groups in total. The number of amides is 1. The Morgan fingerprint density at radius 3 is 2.65 bits per heavy atom. The molecule has 9 nitrogen and oxygen atoms in total. The van der Waals surface area contributed by atoms with Gasteiger partial charge < -0.3 is 14.5 Å². The van der Waals surface area contributed by atoms with Crippen LogP contribution in [0.4, 0.5) is 29.3 Å². The van der Waals surface area contributed by atoms with Gasteiger partial charge in [-0.25, -0.2) is 5.06 Å². The Balaban J connectivity index is 1.77. The highest BCUT2D eigenvalue weighted by molar-refractivity contribution is 5.80. The molecule has 1 aromatic rings. The van der Waals surface area contributed by atoms with Crippen molar-refractivity contribution < 1.29 is 31.9 Å². The van der Waals surface area contributed by atoms with Gasteiger partial charge in [-0.1, -0.05) is 0 Å². The molecule has 31 heavy (non-hydrogen) atoms. The van der Waals surface area contributed by atoms with Crippen LogP contribution >= 0.6 is 0 Å². The summed E-state index contributed by atoms with van der Waals surface area (Å²) < 4.78 is 62.5. The summed E-state index contributed by atoms with van der Waals surface area (Å²) in [6.07, 6.45) is -4.60. The van der Waals surface area contributed by atoms with Crippen molar-refractivity contribution in [2.45, 2.75) is 44.6 Å². The number of alkyl halides is 3. The Bertz CT molecular complexity index is 902. The number of hydroxylamine groups is 2. The lowest BCUT2D eigenvalue weighted by atomic mass is 10.1. The van der Waals surface area contributed by atoms with Crippen molar-refractivity contribution in [1.29, 1.82) is 0 Å². The Hall–Kier alpha value is -2.41. The second-order valence-electron chi connectivity index (χ2n) is 7.78.